The lowest BCUT2D eigenvalue weighted by Crippen LogP contribution is -2.36. The van der Waals surface area contributed by atoms with Crippen LogP contribution >= 0.6 is 0 Å². The molecule has 1 aliphatic carbocycles. The van der Waals surface area contributed by atoms with E-state index in [1.54, 1.807) is 36.9 Å². The molecular formula is C27H22N6O3. The first-order valence-corrected chi connectivity index (χ1v) is 11.6. The molecule has 0 bridgehead atoms. The minimum absolute atomic E-state index is 0.247. The van der Waals surface area contributed by atoms with Crippen molar-refractivity contribution in [1.29, 1.82) is 0 Å². The van der Waals surface area contributed by atoms with E-state index in [-0.39, 0.29) is 5.91 Å². The SMILES string of the molecule is O=C(Nc1cc(-c2ccncc2)c2nc(N3CCOCC3)oc2c1)c1cc2cc-2n1.c1ccncc1. The number of hydrogen-bond donors (Lipinski definition) is 1. The summed E-state index contributed by atoms with van der Waals surface area (Å²) in [6.07, 6.45) is 6.96. The molecule has 3 aromatic heterocycles. The predicted molar refractivity (Wildman–Crippen MR) is 136 cm³/mol. The van der Waals surface area contributed by atoms with Crippen LogP contribution in [0.3, 0.4) is 0 Å². The summed E-state index contributed by atoms with van der Waals surface area (Å²) in [6.45, 7) is 2.74. The highest BCUT2D eigenvalue weighted by molar-refractivity contribution is 6.07. The highest BCUT2D eigenvalue weighted by Gasteiger charge is 2.23. The maximum Gasteiger partial charge on any atom is 0.298 e. The van der Waals surface area contributed by atoms with Crippen LogP contribution in [0.15, 0.2) is 83.8 Å². The molecule has 4 aromatic rings. The Morgan fingerprint density at radius 1 is 0.861 bits per heavy atom. The molecule has 3 aliphatic rings. The molecule has 7 rings (SSSR count). The number of anilines is 2. The van der Waals surface area contributed by atoms with E-state index in [9.17, 15) is 4.79 Å². The van der Waals surface area contributed by atoms with E-state index in [2.05, 4.69) is 25.2 Å². The van der Waals surface area contributed by atoms with Gasteiger partial charge in [-0.05, 0) is 48.0 Å². The van der Waals surface area contributed by atoms with Crippen LogP contribution in [0, 0.1) is 0 Å². The molecule has 1 amide bonds. The van der Waals surface area contributed by atoms with Crippen molar-refractivity contribution in [2.75, 3.05) is 36.5 Å². The van der Waals surface area contributed by atoms with Crippen LogP contribution in [-0.2, 0) is 4.74 Å². The molecule has 2 aliphatic heterocycles. The number of aromatic nitrogens is 4. The second-order valence-corrected chi connectivity index (χ2v) is 8.31. The topological polar surface area (TPSA) is 106 Å². The zero-order valence-corrected chi connectivity index (χ0v) is 19.3. The minimum atomic E-state index is -0.247. The molecule has 1 fully saturated rings. The third-order valence-corrected chi connectivity index (χ3v) is 5.85. The Morgan fingerprint density at radius 3 is 2.31 bits per heavy atom. The molecule has 1 saturated heterocycles. The Bertz CT molecular complexity index is 1470. The van der Waals surface area contributed by atoms with E-state index in [0.29, 0.717) is 36.2 Å². The van der Waals surface area contributed by atoms with Crippen LogP contribution in [0.4, 0.5) is 11.7 Å². The fourth-order valence-corrected chi connectivity index (χ4v) is 3.99. The van der Waals surface area contributed by atoms with Gasteiger partial charge < -0.3 is 19.4 Å². The van der Waals surface area contributed by atoms with Crippen LogP contribution in [0.25, 0.3) is 33.5 Å². The maximum absolute atomic E-state index is 12.6. The second kappa shape index (κ2) is 9.55. The Hall–Kier alpha value is -4.63. The number of rotatable bonds is 4. The first kappa shape index (κ1) is 21.9. The Labute approximate surface area is 206 Å². The van der Waals surface area contributed by atoms with Gasteiger partial charge in [-0.25, -0.2) is 4.98 Å². The second-order valence-electron chi connectivity index (χ2n) is 8.31. The molecular weight excluding hydrogens is 456 g/mol. The van der Waals surface area contributed by atoms with Gasteiger partial charge in [-0.2, -0.15) is 4.98 Å². The number of carbonyl (C=O) groups is 1. The summed E-state index contributed by atoms with van der Waals surface area (Å²) in [5.74, 6) is -0.247. The normalized spacial score (nSPS) is 13.6. The Balaban J connectivity index is 0.000000353. The van der Waals surface area contributed by atoms with Gasteiger partial charge in [0.05, 0.1) is 18.9 Å². The number of nitrogens with one attached hydrogen (secondary N) is 1. The van der Waals surface area contributed by atoms with Crippen LogP contribution in [0.2, 0.25) is 0 Å². The van der Waals surface area contributed by atoms with Gasteiger partial charge in [-0.15, -0.1) is 0 Å². The molecule has 0 saturated carbocycles. The third-order valence-electron chi connectivity index (χ3n) is 5.85. The van der Waals surface area contributed by atoms with Crippen molar-refractivity contribution in [2.45, 2.75) is 0 Å². The zero-order valence-electron chi connectivity index (χ0n) is 19.3. The smallest absolute Gasteiger partial charge is 0.298 e. The summed E-state index contributed by atoms with van der Waals surface area (Å²) < 4.78 is 11.5. The number of hydrogen-bond acceptors (Lipinski definition) is 8. The number of benzene rings is 1. The largest absolute Gasteiger partial charge is 0.423 e. The van der Waals surface area contributed by atoms with Crippen molar-refractivity contribution in [3.8, 4) is 22.4 Å². The van der Waals surface area contributed by atoms with Crippen molar-refractivity contribution < 1.29 is 13.9 Å². The maximum atomic E-state index is 12.6. The molecule has 0 spiro atoms. The summed E-state index contributed by atoms with van der Waals surface area (Å²) in [5.41, 5.74) is 6.12. The highest BCUT2D eigenvalue weighted by Crippen LogP contribution is 2.35. The molecule has 0 unspecified atom stereocenters. The fraction of sp³-hybridized carbons (Fsp3) is 0.148. The van der Waals surface area contributed by atoms with E-state index < -0.39 is 0 Å². The van der Waals surface area contributed by atoms with Crippen molar-refractivity contribution in [3.63, 3.8) is 0 Å². The number of oxazole rings is 1. The Kier molecular flexibility index (Phi) is 5.80. The number of nitrogens with zero attached hydrogens (tertiary/aromatic N) is 5. The lowest BCUT2D eigenvalue weighted by Gasteiger charge is -2.24. The lowest BCUT2D eigenvalue weighted by molar-refractivity contribution is 0.102. The first-order chi connectivity index (χ1) is 17.7. The van der Waals surface area contributed by atoms with Gasteiger partial charge in [-0.1, -0.05) is 6.07 Å². The van der Waals surface area contributed by atoms with Gasteiger partial charge in [0.15, 0.2) is 5.58 Å². The molecule has 0 atom stereocenters. The summed E-state index contributed by atoms with van der Waals surface area (Å²) in [7, 11) is 0. The minimum Gasteiger partial charge on any atom is -0.423 e. The number of morpholine rings is 1. The van der Waals surface area contributed by atoms with Gasteiger partial charge in [0.1, 0.15) is 11.2 Å². The number of pyridine rings is 3. The van der Waals surface area contributed by atoms with Crippen LogP contribution in [0.5, 0.6) is 0 Å². The number of amides is 1. The summed E-state index contributed by atoms with van der Waals surface area (Å²) >= 11 is 0. The molecule has 1 N–H and O–H groups in total. The van der Waals surface area contributed by atoms with Crippen molar-refractivity contribution in [3.05, 3.63) is 85.1 Å². The number of carbonyl (C=O) groups excluding carboxylic acids is 1. The van der Waals surface area contributed by atoms with E-state index in [1.165, 1.54) is 0 Å². The summed E-state index contributed by atoms with van der Waals surface area (Å²) in [4.78, 5) is 31.6. The zero-order chi connectivity index (χ0) is 24.3. The molecule has 36 heavy (non-hydrogen) atoms. The average molecular weight is 479 g/mol. The van der Waals surface area contributed by atoms with Gasteiger partial charge in [0, 0.05) is 60.8 Å². The molecule has 0 radical (unpaired) electrons. The molecule has 1 aromatic carbocycles. The standard InChI is InChI=1S/C22H17N5O3.C5H5N/c28-21(18-10-14-9-17(14)25-18)24-15-11-16(13-1-3-23-4-2-13)20-19(12-15)30-22(26-20)27-5-7-29-8-6-27;1-2-4-6-5-3-1/h1-4,9-12H,5-8H2,(H,24,28);1-5H. The first-order valence-electron chi connectivity index (χ1n) is 11.6. The summed E-state index contributed by atoms with van der Waals surface area (Å²) in [6, 6.07) is 17.5. The lowest BCUT2D eigenvalue weighted by atomic mass is 10.0. The van der Waals surface area contributed by atoms with Crippen LogP contribution in [0.1, 0.15) is 10.5 Å². The number of ether oxygens (including phenoxy) is 1. The van der Waals surface area contributed by atoms with E-state index in [1.807, 2.05) is 42.5 Å². The molecule has 178 valence electrons. The number of fused-ring (bicyclic) bond motifs is 2. The van der Waals surface area contributed by atoms with E-state index in [4.69, 9.17) is 14.1 Å². The van der Waals surface area contributed by atoms with Crippen LogP contribution in [-0.4, -0.2) is 52.1 Å². The highest BCUT2D eigenvalue weighted by atomic mass is 16.5. The third kappa shape index (κ3) is 4.64. The fourth-order valence-electron chi connectivity index (χ4n) is 3.99. The van der Waals surface area contributed by atoms with Crippen LogP contribution < -0.4 is 10.2 Å². The van der Waals surface area contributed by atoms with Gasteiger partial charge in [0.2, 0.25) is 0 Å². The van der Waals surface area contributed by atoms with Gasteiger partial charge >= 0.3 is 0 Å². The van der Waals surface area contributed by atoms with Crippen molar-refractivity contribution >= 4 is 28.7 Å². The quantitative estimate of drug-likeness (QED) is 0.397. The van der Waals surface area contributed by atoms with Crippen molar-refractivity contribution in [1.82, 2.24) is 19.9 Å². The predicted octanol–water partition coefficient (Wildman–Crippen LogP) is 4.44. The molecule has 9 nitrogen and oxygen atoms in total. The van der Waals surface area contributed by atoms with E-state index >= 15 is 0 Å². The summed E-state index contributed by atoms with van der Waals surface area (Å²) in [5, 5.41) is 2.94. The monoisotopic (exact) mass is 478 g/mol. The Morgan fingerprint density at radius 2 is 1.64 bits per heavy atom. The molecule has 5 heterocycles. The van der Waals surface area contributed by atoms with Gasteiger partial charge in [0.25, 0.3) is 11.9 Å². The van der Waals surface area contributed by atoms with Crippen molar-refractivity contribution in [2.24, 2.45) is 0 Å². The van der Waals surface area contributed by atoms with E-state index in [0.717, 1.165) is 41.0 Å². The average Bonchev–Trinajstić information content (AvgIpc) is 3.33. The van der Waals surface area contributed by atoms with Gasteiger partial charge in [-0.3, -0.25) is 14.8 Å². The molecule has 9 heteroatoms.